The molecule has 0 aliphatic rings. The molecular weight excluding hydrogens is 202 g/mol. The first kappa shape index (κ1) is 12.4. The topological polar surface area (TPSA) is 63.5 Å². The molecule has 0 fully saturated rings. The molecule has 0 radical (unpaired) electrons. The van der Waals surface area contributed by atoms with Crippen LogP contribution in [0.2, 0.25) is 0 Å². The highest BCUT2D eigenvalue weighted by Gasteiger charge is 2.03. The van der Waals surface area contributed by atoms with Crippen molar-refractivity contribution in [3.63, 3.8) is 0 Å². The van der Waals surface area contributed by atoms with E-state index in [2.05, 4.69) is 16.9 Å². The molecule has 0 saturated carbocycles. The van der Waals surface area contributed by atoms with Crippen molar-refractivity contribution in [3.05, 3.63) is 35.3 Å². The molecule has 0 atom stereocenters. The summed E-state index contributed by atoms with van der Waals surface area (Å²) in [6.45, 7) is 10.7. The maximum absolute atomic E-state index is 5.69. The molecule has 0 amide bonds. The predicted octanol–water partition coefficient (Wildman–Crippen LogP) is 1.88. The summed E-state index contributed by atoms with van der Waals surface area (Å²) in [4.78, 5) is 4.22. The van der Waals surface area contributed by atoms with Gasteiger partial charge in [-0.15, -0.1) is 0 Å². The highest BCUT2D eigenvalue weighted by molar-refractivity contribution is 5.78. The lowest BCUT2D eigenvalue weighted by atomic mass is 10.2. The van der Waals surface area contributed by atoms with Gasteiger partial charge in [0, 0.05) is 12.1 Å². The largest absolute Gasteiger partial charge is 0.466 e. The highest BCUT2D eigenvalue weighted by atomic mass is 16.3. The molecule has 0 aliphatic heterocycles. The third-order valence-electron chi connectivity index (χ3n) is 2.13. The summed E-state index contributed by atoms with van der Waals surface area (Å²) < 4.78 is 5.40. The lowest BCUT2D eigenvalue weighted by Crippen LogP contribution is -2.32. The average Bonchev–Trinajstić information content (AvgIpc) is 2.51. The Morgan fingerprint density at radius 3 is 2.75 bits per heavy atom. The number of nitrogens with one attached hydrogen (secondary N) is 1. The van der Waals surface area contributed by atoms with E-state index in [0.717, 1.165) is 22.7 Å². The fraction of sp³-hybridized carbons (Fsp3) is 0.417. The Morgan fingerprint density at radius 1 is 1.56 bits per heavy atom. The smallest absolute Gasteiger partial charge is 0.189 e. The van der Waals surface area contributed by atoms with E-state index in [-0.39, 0.29) is 0 Å². The quantitative estimate of drug-likeness (QED) is 0.463. The molecule has 0 spiro atoms. The second-order valence-electron chi connectivity index (χ2n) is 3.95. The molecular formula is C12H19N3O. The van der Waals surface area contributed by atoms with Crippen molar-refractivity contribution < 1.29 is 4.42 Å². The maximum Gasteiger partial charge on any atom is 0.189 e. The minimum atomic E-state index is 0.432. The maximum atomic E-state index is 5.69. The van der Waals surface area contributed by atoms with Gasteiger partial charge in [-0.25, -0.2) is 4.99 Å². The fourth-order valence-corrected chi connectivity index (χ4v) is 1.31. The van der Waals surface area contributed by atoms with Crippen LogP contribution in [-0.4, -0.2) is 12.5 Å². The van der Waals surface area contributed by atoms with Crippen molar-refractivity contribution in [2.24, 2.45) is 10.7 Å². The first-order chi connectivity index (χ1) is 7.49. The van der Waals surface area contributed by atoms with E-state index < -0.39 is 0 Å². The Hall–Kier alpha value is -1.71. The van der Waals surface area contributed by atoms with Gasteiger partial charge >= 0.3 is 0 Å². The van der Waals surface area contributed by atoms with Crippen LogP contribution >= 0.6 is 0 Å². The zero-order valence-electron chi connectivity index (χ0n) is 10.1. The monoisotopic (exact) mass is 221 g/mol. The number of nitrogens with two attached hydrogens (primary N) is 1. The van der Waals surface area contributed by atoms with Gasteiger partial charge in [0.2, 0.25) is 0 Å². The van der Waals surface area contributed by atoms with Crippen LogP contribution in [0.15, 0.2) is 27.6 Å². The number of aliphatic imine (C=N–C) groups is 1. The van der Waals surface area contributed by atoms with E-state index in [9.17, 15) is 0 Å². The highest BCUT2D eigenvalue weighted by Crippen LogP contribution is 2.14. The van der Waals surface area contributed by atoms with Gasteiger partial charge in [0.25, 0.3) is 0 Å². The van der Waals surface area contributed by atoms with Crippen molar-refractivity contribution in [2.45, 2.75) is 27.3 Å². The van der Waals surface area contributed by atoms with Crippen LogP contribution in [0.5, 0.6) is 0 Å². The van der Waals surface area contributed by atoms with Crippen molar-refractivity contribution in [3.8, 4) is 0 Å². The van der Waals surface area contributed by atoms with Crippen molar-refractivity contribution >= 4 is 5.96 Å². The lowest BCUT2D eigenvalue weighted by molar-refractivity contribution is 0.501. The minimum absolute atomic E-state index is 0.432. The summed E-state index contributed by atoms with van der Waals surface area (Å²) in [6.07, 6.45) is 0. The molecule has 88 valence electrons. The Balaban J connectivity index is 2.52. The number of hydrogen-bond acceptors (Lipinski definition) is 2. The van der Waals surface area contributed by atoms with Crippen molar-refractivity contribution in [2.75, 3.05) is 6.54 Å². The molecule has 1 aromatic heterocycles. The van der Waals surface area contributed by atoms with E-state index in [4.69, 9.17) is 10.2 Å². The summed E-state index contributed by atoms with van der Waals surface area (Å²) in [7, 11) is 0. The summed E-state index contributed by atoms with van der Waals surface area (Å²) in [5, 5.41) is 2.98. The first-order valence-electron chi connectivity index (χ1n) is 5.23. The number of rotatable bonds is 4. The molecule has 0 aliphatic carbocycles. The molecule has 0 unspecified atom stereocenters. The number of aryl methyl sites for hydroxylation is 2. The van der Waals surface area contributed by atoms with E-state index in [0.29, 0.717) is 19.0 Å². The SMILES string of the molecule is C=C(C)CNC(N)=NCc1cc(C)oc1C. The summed E-state index contributed by atoms with van der Waals surface area (Å²) in [5.41, 5.74) is 7.78. The third-order valence-corrected chi connectivity index (χ3v) is 2.13. The molecule has 1 rings (SSSR count). The van der Waals surface area contributed by atoms with Gasteiger partial charge in [0.1, 0.15) is 11.5 Å². The van der Waals surface area contributed by atoms with Crippen LogP contribution < -0.4 is 11.1 Å². The number of furan rings is 1. The van der Waals surface area contributed by atoms with Gasteiger partial charge in [-0.1, -0.05) is 12.2 Å². The molecule has 4 nitrogen and oxygen atoms in total. The minimum Gasteiger partial charge on any atom is -0.466 e. The lowest BCUT2D eigenvalue weighted by Gasteiger charge is -2.04. The van der Waals surface area contributed by atoms with Crippen LogP contribution in [0.3, 0.4) is 0 Å². The van der Waals surface area contributed by atoms with Gasteiger partial charge in [-0.05, 0) is 26.8 Å². The van der Waals surface area contributed by atoms with Gasteiger partial charge in [-0.2, -0.15) is 0 Å². The van der Waals surface area contributed by atoms with Crippen LogP contribution in [-0.2, 0) is 6.54 Å². The molecule has 0 saturated heterocycles. The summed E-state index contributed by atoms with van der Waals surface area (Å²) >= 11 is 0. The molecule has 16 heavy (non-hydrogen) atoms. The number of hydrogen-bond donors (Lipinski definition) is 2. The van der Waals surface area contributed by atoms with Gasteiger partial charge in [-0.3, -0.25) is 0 Å². The van der Waals surface area contributed by atoms with Crippen LogP contribution in [0.4, 0.5) is 0 Å². The van der Waals surface area contributed by atoms with Gasteiger partial charge in [0.15, 0.2) is 5.96 Å². The molecule has 1 heterocycles. The zero-order valence-corrected chi connectivity index (χ0v) is 10.1. The van der Waals surface area contributed by atoms with E-state index in [1.54, 1.807) is 0 Å². The van der Waals surface area contributed by atoms with Crippen molar-refractivity contribution in [1.82, 2.24) is 5.32 Å². The normalized spacial score (nSPS) is 11.6. The Bertz CT molecular complexity index is 404. The second-order valence-corrected chi connectivity index (χ2v) is 3.95. The van der Waals surface area contributed by atoms with Gasteiger partial charge < -0.3 is 15.5 Å². The fourth-order valence-electron chi connectivity index (χ4n) is 1.31. The van der Waals surface area contributed by atoms with Gasteiger partial charge in [0.05, 0.1) is 6.54 Å². The first-order valence-corrected chi connectivity index (χ1v) is 5.23. The second kappa shape index (κ2) is 5.39. The van der Waals surface area contributed by atoms with Crippen LogP contribution in [0.25, 0.3) is 0 Å². The van der Waals surface area contributed by atoms with Crippen LogP contribution in [0.1, 0.15) is 24.0 Å². The summed E-state index contributed by atoms with van der Waals surface area (Å²) in [6, 6.07) is 1.98. The van der Waals surface area contributed by atoms with E-state index in [1.165, 1.54) is 0 Å². The Kier molecular flexibility index (Phi) is 4.17. The average molecular weight is 221 g/mol. The third kappa shape index (κ3) is 3.81. The van der Waals surface area contributed by atoms with E-state index >= 15 is 0 Å². The molecule has 0 bridgehead atoms. The number of nitrogens with zero attached hydrogens (tertiary/aromatic N) is 1. The summed E-state index contributed by atoms with van der Waals surface area (Å²) in [5.74, 6) is 2.23. The Morgan fingerprint density at radius 2 is 2.25 bits per heavy atom. The van der Waals surface area contributed by atoms with Crippen molar-refractivity contribution in [1.29, 1.82) is 0 Å². The zero-order chi connectivity index (χ0) is 12.1. The standard InChI is InChI=1S/C12H19N3O/c1-8(2)6-14-12(13)15-7-11-5-9(3)16-10(11)4/h5H,1,6-7H2,2-4H3,(H3,13,14,15). The Labute approximate surface area is 96.2 Å². The predicted molar refractivity (Wildman–Crippen MR) is 66.3 cm³/mol. The molecule has 0 aromatic carbocycles. The van der Waals surface area contributed by atoms with Crippen LogP contribution in [0, 0.1) is 13.8 Å². The molecule has 1 aromatic rings. The number of guanidine groups is 1. The van der Waals surface area contributed by atoms with E-state index in [1.807, 2.05) is 26.8 Å². The molecule has 4 heteroatoms. The molecule has 3 N–H and O–H groups in total.